The van der Waals surface area contributed by atoms with Crippen molar-refractivity contribution < 1.29 is 4.74 Å². The van der Waals surface area contributed by atoms with Crippen molar-refractivity contribution in [1.29, 1.82) is 0 Å². The molecule has 1 atom stereocenters. The summed E-state index contributed by atoms with van der Waals surface area (Å²) in [5.41, 5.74) is 10.2. The second kappa shape index (κ2) is 5.81. The Morgan fingerprint density at radius 2 is 2.00 bits per heavy atom. The van der Waals surface area contributed by atoms with Crippen LogP contribution < -0.4 is 15.4 Å². The van der Waals surface area contributed by atoms with Crippen LogP contribution in [0.3, 0.4) is 0 Å². The number of nitrogens with two attached hydrogens (primary N) is 1. The van der Waals surface area contributed by atoms with Gasteiger partial charge in [-0.15, -0.1) is 0 Å². The number of anilines is 1. The molecule has 4 rings (SSSR count). The van der Waals surface area contributed by atoms with Gasteiger partial charge in [-0.3, -0.25) is 4.98 Å². The molecule has 1 aromatic heterocycles. The zero-order chi connectivity index (χ0) is 15.8. The molecule has 5 nitrogen and oxygen atoms in total. The van der Waals surface area contributed by atoms with Gasteiger partial charge >= 0.3 is 0 Å². The molecule has 1 fully saturated rings. The standard InChI is InChI=1S/C18H22N4O/c1-12-8-13-10-14(11-19)23-17(13)15(9-12)16-18(21-5-4-20-16)22-6-2-3-7-22/h4-5,8-9,14H,2-3,6-7,10-11,19H2,1H3/t14-/m0/s1. The molecule has 2 N–H and O–H groups in total. The second-order valence-corrected chi connectivity index (χ2v) is 6.40. The first-order valence-corrected chi connectivity index (χ1v) is 8.33. The number of rotatable bonds is 3. The summed E-state index contributed by atoms with van der Waals surface area (Å²) in [6, 6.07) is 4.35. The van der Waals surface area contributed by atoms with E-state index in [2.05, 4.69) is 33.9 Å². The molecule has 2 aliphatic rings. The van der Waals surface area contributed by atoms with Crippen molar-refractivity contribution >= 4 is 5.82 Å². The Morgan fingerprint density at radius 1 is 1.22 bits per heavy atom. The summed E-state index contributed by atoms with van der Waals surface area (Å²) in [6.45, 7) is 4.75. The van der Waals surface area contributed by atoms with Gasteiger partial charge in [0.15, 0.2) is 5.82 Å². The van der Waals surface area contributed by atoms with Gasteiger partial charge in [0.25, 0.3) is 0 Å². The Morgan fingerprint density at radius 3 is 2.78 bits per heavy atom. The van der Waals surface area contributed by atoms with E-state index in [1.165, 1.54) is 24.0 Å². The summed E-state index contributed by atoms with van der Waals surface area (Å²) < 4.78 is 6.10. The first kappa shape index (κ1) is 14.5. The largest absolute Gasteiger partial charge is 0.488 e. The van der Waals surface area contributed by atoms with Crippen molar-refractivity contribution in [2.45, 2.75) is 32.3 Å². The molecule has 0 aliphatic carbocycles. The molecule has 0 unspecified atom stereocenters. The summed E-state index contributed by atoms with van der Waals surface area (Å²) in [4.78, 5) is 11.6. The molecule has 0 amide bonds. The molecular formula is C18H22N4O. The van der Waals surface area contributed by atoms with E-state index >= 15 is 0 Å². The van der Waals surface area contributed by atoms with Gasteiger partial charge in [-0.05, 0) is 37.0 Å². The minimum Gasteiger partial charge on any atom is -0.488 e. The van der Waals surface area contributed by atoms with Gasteiger partial charge < -0.3 is 15.4 Å². The summed E-state index contributed by atoms with van der Waals surface area (Å²) in [6.07, 6.45) is 6.91. The maximum absolute atomic E-state index is 6.10. The lowest BCUT2D eigenvalue weighted by molar-refractivity contribution is 0.242. The molecule has 3 heterocycles. The van der Waals surface area contributed by atoms with Crippen molar-refractivity contribution in [2.75, 3.05) is 24.5 Å². The minimum atomic E-state index is 0.0671. The summed E-state index contributed by atoms with van der Waals surface area (Å²) in [5, 5.41) is 0. The van der Waals surface area contributed by atoms with Crippen molar-refractivity contribution in [3.05, 3.63) is 35.7 Å². The highest BCUT2D eigenvalue weighted by atomic mass is 16.5. The number of hydrogen-bond donors (Lipinski definition) is 1. The zero-order valence-electron chi connectivity index (χ0n) is 13.5. The second-order valence-electron chi connectivity index (χ2n) is 6.40. The van der Waals surface area contributed by atoms with Crippen LogP contribution in [-0.2, 0) is 6.42 Å². The van der Waals surface area contributed by atoms with Crippen molar-refractivity contribution in [3.8, 4) is 17.0 Å². The first-order chi connectivity index (χ1) is 11.3. The van der Waals surface area contributed by atoms with Crippen LogP contribution in [0.5, 0.6) is 5.75 Å². The van der Waals surface area contributed by atoms with Gasteiger partial charge in [0.2, 0.25) is 0 Å². The first-order valence-electron chi connectivity index (χ1n) is 8.33. The number of aryl methyl sites for hydroxylation is 1. The highest BCUT2D eigenvalue weighted by molar-refractivity contribution is 5.79. The summed E-state index contributed by atoms with van der Waals surface area (Å²) in [7, 11) is 0. The third-order valence-electron chi connectivity index (χ3n) is 4.64. The number of aromatic nitrogens is 2. The molecule has 5 heteroatoms. The maximum atomic E-state index is 6.10. The fourth-order valence-corrected chi connectivity index (χ4v) is 3.58. The average molecular weight is 310 g/mol. The van der Waals surface area contributed by atoms with Crippen LogP contribution in [0.25, 0.3) is 11.3 Å². The predicted octanol–water partition coefficient (Wildman–Crippen LogP) is 2.31. The van der Waals surface area contributed by atoms with Gasteiger partial charge in [0, 0.05) is 44.0 Å². The van der Waals surface area contributed by atoms with E-state index in [0.29, 0.717) is 6.54 Å². The highest BCUT2D eigenvalue weighted by Gasteiger charge is 2.28. The molecule has 120 valence electrons. The Kier molecular flexibility index (Phi) is 3.65. The fraction of sp³-hybridized carbons (Fsp3) is 0.444. The molecule has 1 saturated heterocycles. The van der Waals surface area contributed by atoms with E-state index < -0.39 is 0 Å². The third-order valence-corrected chi connectivity index (χ3v) is 4.64. The monoisotopic (exact) mass is 310 g/mol. The van der Waals surface area contributed by atoms with Crippen molar-refractivity contribution in [1.82, 2.24) is 9.97 Å². The molecule has 0 saturated carbocycles. The van der Waals surface area contributed by atoms with Gasteiger partial charge in [-0.2, -0.15) is 0 Å². The van der Waals surface area contributed by atoms with Gasteiger partial charge in [0.05, 0.1) is 0 Å². The topological polar surface area (TPSA) is 64.3 Å². The Hall–Kier alpha value is -2.14. The smallest absolute Gasteiger partial charge is 0.155 e. The highest BCUT2D eigenvalue weighted by Crippen LogP contribution is 2.41. The van der Waals surface area contributed by atoms with E-state index in [-0.39, 0.29) is 6.10 Å². The molecule has 23 heavy (non-hydrogen) atoms. The Balaban J connectivity index is 1.83. The van der Waals surface area contributed by atoms with Gasteiger partial charge in [0.1, 0.15) is 17.5 Å². The molecular weight excluding hydrogens is 288 g/mol. The van der Waals surface area contributed by atoms with Crippen molar-refractivity contribution in [2.24, 2.45) is 5.73 Å². The molecule has 2 aliphatic heterocycles. The number of ether oxygens (including phenoxy) is 1. The normalized spacial score (nSPS) is 19.7. The molecule has 1 aromatic carbocycles. The minimum absolute atomic E-state index is 0.0671. The number of nitrogens with zero attached hydrogens (tertiary/aromatic N) is 3. The van der Waals surface area contributed by atoms with Crippen LogP contribution in [0.15, 0.2) is 24.5 Å². The Bertz CT molecular complexity index is 725. The average Bonchev–Trinajstić information content (AvgIpc) is 3.23. The van der Waals surface area contributed by atoms with Crippen LogP contribution in [0.2, 0.25) is 0 Å². The predicted molar refractivity (Wildman–Crippen MR) is 90.8 cm³/mol. The SMILES string of the molecule is Cc1cc2c(c(-c3nccnc3N3CCCC3)c1)O[C@H](CN)C2. The number of benzene rings is 1. The third kappa shape index (κ3) is 2.55. The number of hydrogen-bond acceptors (Lipinski definition) is 5. The van der Waals surface area contributed by atoms with Crippen LogP contribution >= 0.6 is 0 Å². The fourth-order valence-electron chi connectivity index (χ4n) is 3.58. The number of fused-ring (bicyclic) bond motifs is 1. The van der Waals surface area contributed by atoms with Gasteiger partial charge in [-0.25, -0.2) is 4.98 Å². The van der Waals surface area contributed by atoms with E-state index in [4.69, 9.17) is 10.5 Å². The molecule has 0 spiro atoms. The van der Waals surface area contributed by atoms with Crippen LogP contribution in [0.1, 0.15) is 24.0 Å². The van der Waals surface area contributed by atoms with E-state index in [1.807, 2.05) is 0 Å². The van der Waals surface area contributed by atoms with Crippen LogP contribution in [0.4, 0.5) is 5.82 Å². The van der Waals surface area contributed by atoms with Crippen LogP contribution in [0, 0.1) is 6.92 Å². The summed E-state index contributed by atoms with van der Waals surface area (Å²) >= 11 is 0. The lowest BCUT2D eigenvalue weighted by Gasteiger charge is -2.20. The van der Waals surface area contributed by atoms with E-state index in [0.717, 1.165) is 42.3 Å². The van der Waals surface area contributed by atoms with E-state index in [1.54, 1.807) is 12.4 Å². The zero-order valence-corrected chi connectivity index (χ0v) is 13.5. The van der Waals surface area contributed by atoms with E-state index in [9.17, 15) is 0 Å². The maximum Gasteiger partial charge on any atom is 0.155 e. The lowest BCUT2D eigenvalue weighted by atomic mass is 10.0. The Labute approximate surface area is 136 Å². The van der Waals surface area contributed by atoms with Gasteiger partial charge in [-0.1, -0.05) is 6.07 Å². The summed E-state index contributed by atoms with van der Waals surface area (Å²) in [5.74, 6) is 1.91. The van der Waals surface area contributed by atoms with Crippen LogP contribution in [-0.4, -0.2) is 35.7 Å². The quantitative estimate of drug-likeness (QED) is 0.942. The molecule has 0 bridgehead atoms. The van der Waals surface area contributed by atoms with Crippen molar-refractivity contribution in [3.63, 3.8) is 0 Å². The molecule has 2 aromatic rings. The lowest BCUT2D eigenvalue weighted by Crippen LogP contribution is -2.24. The molecule has 0 radical (unpaired) electrons.